The fourth-order valence-corrected chi connectivity index (χ4v) is 3.13. The highest BCUT2D eigenvalue weighted by Gasteiger charge is 2.46. The first-order chi connectivity index (χ1) is 8.65. The van der Waals surface area contributed by atoms with Crippen LogP contribution in [0.3, 0.4) is 0 Å². The minimum absolute atomic E-state index is 0.00483. The second-order valence-electron chi connectivity index (χ2n) is 4.73. The lowest BCUT2D eigenvalue weighted by Crippen LogP contribution is -2.41. The van der Waals surface area contributed by atoms with Crippen LogP contribution in [0, 0.1) is 5.41 Å². The molecule has 6 heteroatoms. The Balaban J connectivity index is 2.17. The Hall–Kier alpha value is -1.17. The number of aromatic nitrogens is 2. The van der Waals surface area contributed by atoms with Crippen molar-refractivity contribution in [2.75, 3.05) is 11.9 Å². The molecule has 1 aliphatic rings. The van der Waals surface area contributed by atoms with Gasteiger partial charge in [0, 0.05) is 29.9 Å². The molecule has 1 amide bonds. The van der Waals surface area contributed by atoms with E-state index in [0.717, 1.165) is 36.8 Å². The van der Waals surface area contributed by atoms with Crippen LogP contribution in [0.2, 0.25) is 0 Å². The Kier molecular flexibility index (Phi) is 3.85. The quantitative estimate of drug-likeness (QED) is 0.855. The first-order valence-corrected chi connectivity index (χ1v) is 7.29. The van der Waals surface area contributed by atoms with Crippen LogP contribution >= 0.6 is 11.5 Å². The van der Waals surface area contributed by atoms with E-state index < -0.39 is 0 Å². The van der Waals surface area contributed by atoms with Gasteiger partial charge < -0.3 is 10.6 Å². The van der Waals surface area contributed by atoms with Crippen LogP contribution in [0.25, 0.3) is 0 Å². The van der Waals surface area contributed by atoms with Gasteiger partial charge in [-0.3, -0.25) is 4.79 Å². The van der Waals surface area contributed by atoms with Crippen molar-refractivity contribution in [3.8, 4) is 0 Å². The van der Waals surface area contributed by atoms with E-state index in [1.165, 1.54) is 11.5 Å². The topological polar surface area (TPSA) is 66.9 Å². The van der Waals surface area contributed by atoms with Gasteiger partial charge in [-0.1, -0.05) is 20.8 Å². The third-order valence-corrected chi connectivity index (χ3v) is 4.63. The molecule has 2 N–H and O–H groups in total. The maximum atomic E-state index is 12.0. The van der Waals surface area contributed by atoms with Crippen molar-refractivity contribution in [2.24, 2.45) is 5.41 Å². The average molecular weight is 268 g/mol. The van der Waals surface area contributed by atoms with Crippen LogP contribution in [-0.2, 0) is 11.2 Å². The van der Waals surface area contributed by atoms with Crippen molar-refractivity contribution in [1.29, 1.82) is 0 Å². The molecule has 1 fully saturated rings. The lowest BCUT2D eigenvalue weighted by molar-refractivity contribution is -0.120. The summed E-state index contributed by atoms with van der Waals surface area (Å²) in [6, 6.07) is -0.190. The van der Waals surface area contributed by atoms with E-state index in [-0.39, 0.29) is 17.4 Å². The molecule has 0 bridgehead atoms. The summed E-state index contributed by atoms with van der Waals surface area (Å²) in [5.74, 6) is 0.909. The fraction of sp³-hybridized carbons (Fsp3) is 0.750. The summed E-state index contributed by atoms with van der Waals surface area (Å²) in [6.45, 7) is 7.04. The molecule has 1 saturated heterocycles. The molecular weight excluding hydrogens is 248 g/mol. The van der Waals surface area contributed by atoms with Gasteiger partial charge in [0.25, 0.3) is 0 Å². The van der Waals surface area contributed by atoms with Gasteiger partial charge in [0.05, 0.1) is 0 Å². The summed E-state index contributed by atoms with van der Waals surface area (Å²) in [7, 11) is 0. The van der Waals surface area contributed by atoms with Crippen LogP contribution in [-0.4, -0.2) is 27.9 Å². The molecule has 1 unspecified atom stereocenters. The SMILES string of the molecule is CCc1nsc(NC2C(=O)NCC2(CC)CC)n1. The maximum Gasteiger partial charge on any atom is 0.243 e. The number of carbonyl (C=O) groups excluding carboxylic acids is 1. The zero-order chi connectivity index (χ0) is 13.2. The Morgan fingerprint density at radius 3 is 2.72 bits per heavy atom. The van der Waals surface area contributed by atoms with Crippen molar-refractivity contribution in [2.45, 2.75) is 46.1 Å². The highest BCUT2D eigenvalue weighted by molar-refractivity contribution is 7.09. The van der Waals surface area contributed by atoms with Gasteiger partial charge in [-0.25, -0.2) is 4.98 Å². The predicted molar refractivity (Wildman–Crippen MR) is 72.7 cm³/mol. The first-order valence-electron chi connectivity index (χ1n) is 6.52. The zero-order valence-corrected chi connectivity index (χ0v) is 11.9. The van der Waals surface area contributed by atoms with Crippen molar-refractivity contribution in [3.63, 3.8) is 0 Å². The van der Waals surface area contributed by atoms with Crippen LogP contribution in [0.15, 0.2) is 0 Å². The van der Waals surface area contributed by atoms with Gasteiger partial charge in [-0.2, -0.15) is 4.37 Å². The summed E-state index contributed by atoms with van der Waals surface area (Å²) in [5, 5.41) is 6.98. The van der Waals surface area contributed by atoms with Crippen LogP contribution < -0.4 is 10.6 Å². The second-order valence-corrected chi connectivity index (χ2v) is 5.49. The molecule has 1 aliphatic heterocycles. The Morgan fingerprint density at radius 1 is 1.44 bits per heavy atom. The number of nitrogens with one attached hydrogen (secondary N) is 2. The summed E-state index contributed by atoms with van der Waals surface area (Å²) in [6.07, 6.45) is 2.76. The number of hydrogen-bond acceptors (Lipinski definition) is 5. The minimum atomic E-state index is -0.190. The zero-order valence-electron chi connectivity index (χ0n) is 11.1. The van der Waals surface area contributed by atoms with Crippen LogP contribution in [0.5, 0.6) is 0 Å². The van der Waals surface area contributed by atoms with E-state index in [9.17, 15) is 4.79 Å². The molecule has 0 spiro atoms. The monoisotopic (exact) mass is 268 g/mol. The molecule has 0 saturated carbocycles. The highest BCUT2D eigenvalue weighted by Crippen LogP contribution is 2.36. The molecule has 5 nitrogen and oxygen atoms in total. The lowest BCUT2D eigenvalue weighted by Gasteiger charge is -2.30. The Labute approximate surface area is 112 Å². The van der Waals surface area contributed by atoms with Gasteiger partial charge >= 0.3 is 0 Å². The second kappa shape index (κ2) is 5.22. The number of amides is 1. The van der Waals surface area contributed by atoms with Crippen molar-refractivity contribution in [1.82, 2.24) is 14.7 Å². The highest BCUT2D eigenvalue weighted by atomic mass is 32.1. The van der Waals surface area contributed by atoms with Gasteiger partial charge in [0.1, 0.15) is 11.9 Å². The van der Waals surface area contributed by atoms with Gasteiger partial charge in [0.2, 0.25) is 11.0 Å². The van der Waals surface area contributed by atoms with Gasteiger partial charge in [-0.15, -0.1) is 0 Å². The minimum Gasteiger partial charge on any atom is -0.354 e. The third kappa shape index (κ3) is 2.21. The van der Waals surface area contributed by atoms with E-state index in [2.05, 4.69) is 33.8 Å². The Bertz CT molecular complexity index is 427. The molecule has 1 aromatic rings. The first kappa shape index (κ1) is 13.3. The molecule has 1 atom stereocenters. The predicted octanol–water partition coefficient (Wildman–Crippen LogP) is 1.82. The molecule has 2 rings (SSSR count). The molecule has 18 heavy (non-hydrogen) atoms. The number of aryl methyl sites for hydroxylation is 1. The number of carbonyl (C=O) groups is 1. The molecule has 0 aliphatic carbocycles. The molecule has 100 valence electrons. The molecule has 0 aromatic carbocycles. The summed E-state index contributed by atoms with van der Waals surface area (Å²) in [4.78, 5) is 16.3. The largest absolute Gasteiger partial charge is 0.354 e. The summed E-state index contributed by atoms with van der Waals surface area (Å²) in [5.41, 5.74) is -0.00483. The van der Waals surface area contributed by atoms with E-state index in [4.69, 9.17) is 0 Å². The smallest absolute Gasteiger partial charge is 0.243 e. The summed E-state index contributed by atoms with van der Waals surface area (Å²) >= 11 is 1.33. The van der Waals surface area contributed by atoms with Crippen molar-refractivity contribution in [3.05, 3.63) is 5.82 Å². The van der Waals surface area contributed by atoms with E-state index in [1.807, 2.05) is 6.92 Å². The van der Waals surface area contributed by atoms with Crippen LogP contribution in [0.1, 0.15) is 39.4 Å². The van der Waals surface area contributed by atoms with E-state index in [1.54, 1.807) is 0 Å². The van der Waals surface area contributed by atoms with Crippen molar-refractivity contribution >= 4 is 22.6 Å². The van der Waals surface area contributed by atoms with Crippen molar-refractivity contribution < 1.29 is 4.79 Å². The Morgan fingerprint density at radius 2 is 2.17 bits per heavy atom. The fourth-order valence-electron chi connectivity index (χ4n) is 2.45. The standard InChI is InChI=1S/C12H20N4OS/c1-4-8-14-11(18-16-8)15-9-10(17)13-7-12(9,5-2)6-3/h9H,4-7H2,1-3H3,(H,13,17)(H,14,15,16). The third-order valence-electron chi connectivity index (χ3n) is 3.95. The number of rotatable bonds is 5. The summed E-state index contributed by atoms with van der Waals surface area (Å²) < 4.78 is 4.24. The normalized spacial score (nSPS) is 21.9. The number of anilines is 1. The molecule has 0 radical (unpaired) electrons. The molecule has 1 aromatic heterocycles. The number of nitrogens with zero attached hydrogens (tertiary/aromatic N) is 2. The van der Waals surface area contributed by atoms with Gasteiger partial charge in [-0.05, 0) is 12.8 Å². The number of hydrogen-bond donors (Lipinski definition) is 2. The maximum absolute atomic E-state index is 12.0. The van der Waals surface area contributed by atoms with Crippen LogP contribution in [0.4, 0.5) is 5.13 Å². The molecular formula is C12H20N4OS. The average Bonchev–Trinajstić information content (AvgIpc) is 2.97. The lowest BCUT2D eigenvalue weighted by atomic mass is 9.78. The van der Waals surface area contributed by atoms with E-state index in [0.29, 0.717) is 0 Å². The molecule has 2 heterocycles. The van der Waals surface area contributed by atoms with E-state index >= 15 is 0 Å². The van der Waals surface area contributed by atoms with Gasteiger partial charge in [0.15, 0.2) is 0 Å².